The van der Waals surface area contributed by atoms with E-state index in [1.54, 1.807) is 12.4 Å². The van der Waals surface area contributed by atoms with Gasteiger partial charge in [0.1, 0.15) is 0 Å². The summed E-state index contributed by atoms with van der Waals surface area (Å²) in [4.78, 5) is 20.7. The molecule has 0 bridgehead atoms. The molecule has 1 saturated heterocycles. The molecule has 0 aromatic carbocycles. The maximum Gasteiger partial charge on any atom is 0.317 e. The van der Waals surface area contributed by atoms with E-state index in [-0.39, 0.29) is 6.03 Å². The maximum atomic E-state index is 12.3. The molecule has 0 unspecified atom stereocenters. The lowest BCUT2D eigenvalue weighted by molar-refractivity contribution is 0.0962. The van der Waals surface area contributed by atoms with Gasteiger partial charge < -0.3 is 15.1 Å². The first-order chi connectivity index (χ1) is 10.1. The van der Waals surface area contributed by atoms with E-state index in [2.05, 4.69) is 29.0 Å². The molecule has 1 aliphatic rings. The monoisotopic (exact) mass is 290 g/mol. The van der Waals surface area contributed by atoms with Gasteiger partial charge in [-0.3, -0.25) is 4.98 Å². The van der Waals surface area contributed by atoms with Crippen molar-refractivity contribution in [2.75, 3.05) is 26.7 Å². The molecular formula is C16H26N4O. The quantitative estimate of drug-likeness (QED) is 0.922. The van der Waals surface area contributed by atoms with Gasteiger partial charge >= 0.3 is 6.03 Å². The lowest BCUT2D eigenvalue weighted by atomic mass is 9.93. The van der Waals surface area contributed by atoms with Gasteiger partial charge in [-0.25, -0.2) is 4.79 Å². The Balaban J connectivity index is 1.84. The number of hydrogen-bond donors (Lipinski definition) is 1. The second-order valence-corrected chi connectivity index (χ2v) is 5.86. The van der Waals surface area contributed by atoms with E-state index in [0.717, 1.165) is 31.6 Å². The fourth-order valence-electron chi connectivity index (χ4n) is 3.04. The largest absolute Gasteiger partial charge is 0.334 e. The number of hydrogen-bond acceptors (Lipinski definition) is 3. The normalized spacial score (nSPS) is 22.8. The molecule has 0 radical (unpaired) electrons. The average molecular weight is 290 g/mol. The molecule has 5 nitrogen and oxygen atoms in total. The van der Waals surface area contributed by atoms with Crippen LogP contribution in [0.5, 0.6) is 0 Å². The molecule has 2 rings (SSSR count). The molecule has 0 saturated carbocycles. The van der Waals surface area contributed by atoms with Crippen molar-refractivity contribution in [2.24, 2.45) is 5.92 Å². The minimum Gasteiger partial charge on any atom is -0.334 e. The van der Waals surface area contributed by atoms with E-state index in [1.807, 2.05) is 24.1 Å². The summed E-state index contributed by atoms with van der Waals surface area (Å²) in [6.45, 7) is 8.19. The van der Waals surface area contributed by atoms with E-state index in [0.29, 0.717) is 18.5 Å². The zero-order valence-electron chi connectivity index (χ0n) is 13.2. The molecule has 2 heterocycles. The second kappa shape index (κ2) is 7.41. The van der Waals surface area contributed by atoms with Crippen LogP contribution in [0, 0.1) is 5.92 Å². The van der Waals surface area contributed by atoms with Gasteiger partial charge in [0, 0.05) is 45.1 Å². The van der Waals surface area contributed by atoms with Gasteiger partial charge in [-0.15, -0.1) is 0 Å². The molecule has 1 aromatic heterocycles. The number of nitrogens with one attached hydrogen (secondary N) is 1. The fraction of sp³-hybridized carbons (Fsp3) is 0.625. The molecule has 1 aliphatic heterocycles. The minimum atomic E-state index is 0.000603. The first-order valence-electron chi connectivity index (χ1n) is 7.73. The van der Waals surface area contributed by atoms with Crippen LogP contribution < -0.4 is 5.32 Å². The van der Waals surface area contributed by atoms with Crippen LogP contribution in [0.1, 0.15) is 25.8 Å². The number of amides is 2. The van der Waals surface area contributed by atoms with Gasteiger partial charge in [0.25, 0.3) is 0 Å². The molecule has 0 spiro atoms. The highest BCUT2D eigenvalue weighted by Gasteiger charge is 2.30. The van der Waals surface area contributed by atoms with Crippen molar-refractivity contribution in [3.8, 4) is 0 Å². The lowest BCUT2D eigenvalue weighted by Crippen LogP contribution is -2.52. The first-order valence-corrected chi connectivity index (χ1v) is 7.73. The number of urea groups is 1. The van der Waals surface area contributed by atoms with Gasteiger partial charge in [-0.05, 0) is 30.5 Å². The van der Waals surface area contributed by atoms with Crippen molar-refractivity contribution < 1.29 is 4.79 Å². The van der Waals surface area contributed by atoms with Crippen LogP contribution in [-0.2, 0) is 6.54 Å². The minimum absolute atomic E-state index is 0.000603. The molecular weight excluding hydrogens is 264 g/mol. The summed E-state index contributed by atoms with van der Waals surface area (Å²) >= 11 is 0. The topological polar surface area (TPSA) is 48.5 Å². The van der Waals surface area contributed by atoms with Crippen molar-refractivity contribution >= 4 is 6.03 Å². The Bertz CT molecular complexity index is 451. The summed E-state index contributed by atoms with van der Waals surface area (Å²) in [5.74, 6) is 0.507. The van der Waals surface area contributed by atoms with Gasteiger partial charge in [-0.2, -0.15) is 0 Å². The molecule has 2 atom stereocenters. The third-order valence-corrected chi connectivity index (χ3v) is 4.38. The Hall–Kier alpha value is -1.62. The third-order valence-electron chi connectivity index (χ3n) is 4.38. The Morgan fingerprint density at radius 2 is 2.38 bits per heavy atom. The number of rotatable bonds is 4. The van der Waals surface area contributed by atoms with Crippen LogP contribution in [0.2, 0.25) is 0 Å². The molecule has 1 fully saturated rings. The Kier molecular flexibility index (Phi) is 5.56. The number of piperidine rings is 1. The van der Waals surface area contributed by atoms with Crippen molar-refractivity contribution in [2.45, 2.75) is 32.9 Å². The molecule has 0 aliphatic carbocycles. The summed E-state index contributed by atoms with van der Waals surface area (Å²) < 4.78 is 0. The number of aromatic nitrogens is 1. The van der Waals surface area contributed by atoms with Crippen molar-refractivity contribution in [3.63, 3.8) is 0 Å². The van der Waals surface area contributed by atoms with Crippen LogP contribution >= 0.6 is 0 Å². The zero-order valence-corrected chi connectivity index (χ0v) is 13.2. The number of likely N-dealkylation sites (tertiary alicyclic amines) is 1. The zero-order chi connectivity index (χ0) is 15.2. The highest BCUT2D eigenvalue weighted by atomic mass is 16.2. The molecule has 116 valence electrons. The number of pyridine rings is 1. The summed E-state index contributed by atoms with van der Waals surface area (Å²) in [5.41, 5.74) is 1.02. The highest BCUT2D eigenvalue weighted by Crippen LogP contribution is 2.21. The maximum absolute atomic E-state index is 12.3. The van der Waals surface area contributed by atoms with Crippen LogP contribution in [0.3, 0.4) is 0 Å². The molecule has 2 amide bonds. The lowest BCUT2D eigenvalue weighted by Gasteiger charge is -2.40. The summed E-state index contributed by atoms with van der Waals surface area (Å²) in [6, 6.07) is 4.17. The van der Waals surface area contributed by atoms with E-state index in [1.165, 1.54) is 0 Å². The fourth-order valence-corrected chi connectivity index (χ4v) is 3.04. The summed E-state index contributed by atoms with van der Waals surface area (Å²) in [5, 5.41) is 2.98. The molecule has 1 N–H and O–H groups in total. The molecule has 1 aromatic rings. The average Bonchev–Trinajstić information content (AvgIpc) is 2.52. The Morgan fingerprint density at radius 3 is 3.00 bits per heavy atom. The number of carbonyl (C=O) groups is 1. The third kappa shape index (κ3) is 4.17. The standard InChI is InChI=1S/C16H26N4O/c1-4-20-9-7-15(13(2)12-20)19(3)16(21)18-11-14-6-5-8-17-10-14/h5-6,8,10,13,15H,4,7,9,11-12H2,1-3H3,(H,18,21)/t13-,15+/m0/s1. The van der Waals surface area contributed by atoms with Gasteiger partial charge in [-0.1, -0.05) is 19.9 Å². The molecule has 21 heavy (non-hydrogen) atoms. The smallest absolute Gasteiger partial charge is 0.317 e. The predicted molar refractivity (Wildman–Crippen MR) is 83.9 cm³/mol. The van der Waals surface area contributed by atoms with Crippen molar-refractivity contribution in [1.29, 1.82) is 0 Å². The van der Waals surface area contributed by atoms with Gasteiger partial charge in [0.05, 0.1) is 0 Å². The SMILES string of the molecule is CCN1CC[C@@H](N(C)C(=O)NCc2cccnc2)[C@@H](C)C1. The van der Waals surface area contributed by atoms with Crippen LogP contribution in [0.25, 0.3) is 0 Å². The van der Waals surface area contributed by atoms with Gasteiger partial charge in [0.15, 0.2) is 0 Å². The van der Waals surface area contributed by atoms with E-state index >= 15 is 0 Å². The second-order valence-electron chi connectivity index (χ2n) is 5.86. The first kappa shape index (κ1) is 15.8. The Morgan fingerprint density at radius 1 is 1.57 bits per heavy atom. The predicted octanol–water partition coefficient (Wildman–Crippen LogP) is 1.95. The van der Waals surface area contributed by atoms with Crippen LogP contribution in [0.15, 0.2) is 24.5 Å². The van der Waals surface area contributed by atoms with E-state index < -0.39 is 0 Å². The number of nitrogens with zero attached hydrogens (tertiary/aromatic N) is 3. The summed E-state index contributed by atoms with van der Waals surface area (Å²) in [7, 11) is 1.90. The van der Waals surface area contributed by atoms with Crippen molar-refractivity contribution in [1.82, 2.24) is 20.1 Å². The number of carbonyl (C=O) groups excluding carboxylic acids is 1. The van der Waals surface area contributed by atoms with Crippen LogP contribution in [-0.4, -0.2) is 53.5 Å². The van der Waals surface area contributed by atoms with E-state index in [9.17, 15) is 4.79 Å². The Labute approximate surface area is 127 Å². The van der Waals surface area contributed by atoms with Gasteiger partial charge in [0.2, 0.25) is 0 Å². The summed E-state index contributed by atoms with van der Waals surface area (Å²) in [6.07, 6.45) is 4.56. The van der Waals surface area contributed by atoms with E-state index in [4.69, 9.17) is 0 Å². The van der Waals surface area contributed by atoms with Crippen LogP contribution in [0.4, 0.5) is 4.79 Å². The van der Waals surface area contributed by atoms with Crippen molar-refractivity contribution in [3.05, 3.63) is 30.1 Å². The molecule has 5 heteroatoms. The highest BCUT2D eigenvalue weighted by molar-refractivity contribution is 5.74.